The van der Waals surface area contributed by atoms with Crippen LogP contribution in [0.2, 0.25) is 0 Å². The van der Waals surface area contributed by atoms with Gasteiger partial charge in [0.05, 0.1) is 36.3 Å². The molecule has 8 heteroatoms. The molecule has 1 aromatic heterocycles. The fraction of sp³-hybridized carbons (Fsp3) is 0.370. The van der Waals surface area contributed by atoms with Gasteiger partial charge >= 0.3 is 0 Å². The number of methoxy groups -OCH3 is 1. The molecule has 0 spiro atoms. The van der Waals surface area contributed by atoms with Gasteiger partial charge in [-0.2, -0.15) is 5.10 Å². The van der Waals surface area contributed by atoms with E-state index in [4.69, 9.17) is 25.7 Å². The molecule has 186 valence electrons. The average molecular weight is 482 g/mol. The standard InChI is InChI=1S/C27H32FN3O4/c1-4-16-34-20-23(32)18-30(15-17-33-3)19-25-26(5-2)29-31(22-9-7-6-8-10-22)27(25)35-24-13-11-21(28)12-14-24/h1,6-14,23,32H,5,15-20H2,2-3H3/t23-/m1/s1. The third kappa shape index (κ3) is 7.64. The van der Waals surface area contributed by atoms with Crippen LogP contribution in [0.1, 0.15) is 18.2 Å². The number of ether oxygens (including phenoxy) is 3. The van der Waals surface area contributed by atoms with E-state index in [0.29, 0.717) is 44.3 Å². The van der Waals surface area contributed by atoms with E-state index >= 15 is 0 Å². The fourth-order valence-electron chi connectivity index (χ4n) is 3.67. The summed E-state index contributed by atoms with van der Waals surface area (Å²) in [4.78, 5) is 2.07. The van der Waals surface area contributed by atoms with Gasteiger partial charge in [-0.05, 0) is 42.8 Å². The lowest BCUT2D eigenvalue weighted by molar-refractivity contribution is 0.0205. The number of nitrogens with zero attached hydrogens (tertiary/aromatic N) is 3. The number of aliphatic hydroxyl groups excluding tert-OH is 1. The lowest BCUT2D eigenvalue weighted by Gasteiger charge is -2.25. The smallest absolute Gasteiger partial charge is 0.227 e. The molecular formula is C27H32FN3O4. The van der Waals surface area contributed by atoms with Crippen molar-refractivity contribution in [2.75, 3.05) is 40.0 Å². The molecule has 0 aliphatic rings. The molecular weight excluding hydrogens is 449 g/mol. The summed E-state index contributed by atoms with van der Waals surface area (Å²) in [6.07, 6.45) is 5.18. The van der Waals surface area contributed by atoms with Crippen molar-refractivity contribution in [1.82, 2.24) is 14.7 Å². The van der Waals surface area contributed by atoms with Crippen molar-refractivity contribution < 1.29 is 23.7 Å². The Morgan fingerprint density at radius 1 is 1.17 bits per heavy atom. The molecule has 0 radical (unpaired) electrons. The molecule has 7 nitrogen and oxygen atoms in total. The van der Waals surface area contributed by atoms with Crippen molar-refractivity contribution in [2.45, 2.75) is 26.0 Å². The van der Waals surface area contributed by atoms with Gasteiger partial charge in [-0.3, -0.25) is 4.90 Å². The van der Waals surface area contributed by atoms with Crippen molar-refractivity contribution >= 4 is 0 Å². The summed E-state index contributed by atoms with van der Waals surface area (Å²) in [6, 6.07) is 15.6. The number of para-hydroxylation sites is 1. The largest absolute Gasteiger partial charge is 0.439 e. The van der Waals surface area contributed by atoms with E-state index in [9.17, 15) is 9.50 Å². The number of aliphatic hydroxyl groups is 1. The van der Waals surface area contributed by atoms with E-state index in [1.54, 1.807) is 23.9 Å². The molecule has 0 aliphatic carbocycles. The molecule has 0 fully saturated rings. The molecule has 2 aromatic carbocycles. The first-order valence-electron chi connectivity index (χ1n) is 11.6. The number of hydrogen-bond donors (Lipinski definition) is 1. The highest BCUT2D eigenvalue weighted by Crippen LogP contribution is 2.32. The van der Waals surface area contributed by atoms with E-state index < -0.39 is 6.10 Å². The molecule has 1 N–H and O–H groups in total. The maximum atomic E-state index is 13.5. The number of halogens is 1. The highest BCUT2D eigenvalue weighted by atomic mass is 19.1. The summed E-state index contributed by atoms with van der Waals surface area (Å²) >= 11 is 0. The van der Waals surface area contributed by atoms with Crippen molar-refractivity contribution in [3.05, 3.63) is 71.7 Å². The number of terminal acetylenes is 1. The molecule has 0 aliphatic heterocycles. The molecule has 35 heavy (non-hydrogen) atoms. The normalized spacial score (nSPS) is 12.0. The van der Waals surface area contributed by atoms with Gasteiger partial charge in [0.25, 0.3) is 0 Å². The molecule has 0 bridgehead atoms. The van der Waals surface area contributed by atoms with Gasteiger partial charge in [0, 0.05) is 26.7 Å². The van der Waals surface area contributed by atoms with Gasteiger partial charge in [0.15, 0.2) is 0 Å². The topological polar surface area (TPSA) is 69.0 Å². The summed E-state index contributed by atoms with van der Waals surface area (Å²) < 4.78 is 32.1. The number of hydrogen-bond acceptors (Lipinski definition) is 6. The predicted octanol–water partition coefficient (Wildman–Crippen LogP) is 3.83. The van der Waals surface area contributed by atoms with Crippen LogP contribution in [0.4, 0.5) is 4.39 Å². The zero-order chi connectivity index (χ0) is 25.0. The van der Waals surface area contributed by atoms with Gasteiger partial charge in [-0.15, -0.1) is 6.42 Å². The minimum absolute atomic E-state index is 0.135. The lowest BCUT2D eigenvalue weighted by atomic mass is 10.1. The minimum atomic E-state index is -0.726. The van der Waals surface area contributed by atoms with Gasteiger partial charge < -0.3 is 19.3 Å². The van der Waals surface area contributed by atoms with Crippen LogP contribution in [0.25, 0.3) is 5.69 Å². The highest BCUT2D eigenvalue weighted by molar-refractivity contribution is 5.43. The SMILES string of the molecule is C#CCOC[C@H](O)CN(CCOC)Cc1c(CC)nn(-c2ccccc2)c1Oc1ccc(F)cc1. The second-order valence-electron chi connectivity index (χ2n) is 7.99. The lowest BCUT2D eigenvalue weighted by Crippen LogP contribution is -2.36. The van der Waals surface area contributed by atoms with Crippen LogP contribution >= 0.6 is 0 Å². The van der Waals surface area contributed by atoms with E-state index in [2.05, 4.69) is 10.8 Å². The van der Waals surface area contributed by atoms with Crippen LogP contribution in [0.5, 0.6) is 11.6 Å². The van der Waals surface area contributed by atoms with Gasteiger partial charge in [-0.1, -0.05) is 31.0 Å². The Labute approximate surface area is 206 Å². The summed E-state index contributed by atoms with van der Waals surface area (Å²) in [5, 5.41) is 15.3. The second kappa shape index (κ2) is 13.6. The first kappa shape index (κ1) is 26.4. The maximum Gasteiger partial charge on any atom is 0.227 e. The Balaban J connectivity index is 1.96. The van der Waals surface area contributed by atoms with E-state index in [1.165, 1.54) is 12.1 Å². The van der Waals surface area contributed by atoms with Crippen molar-refractivity contribution in [3.8, 4) is 29.7 Å². The molecule has 3 aromatic rings. The zero-order valence-corrected chi connectivity index (χ0v) is 20.2. The zero-order valence-electron chi connectivity index (χ0n) is 20.2. The van der Waals surface area contributed by atoms with E-state index in [0.717, 1.165) is 16.9 Å². The highest BCUT2D eigenvalue weighted by Gasteiger charge is 2.23. The quantitative estimate of drug-likeness (QED) is 0.279. The van der Waals surface area contributed by atoms with E-state index in [1.807, 2.05) is 37.3 Å². The molecule has 0 saturated heterocycles. The summed E-state index contributed by atoms with van der Waals surface area (Å²) in [6.45, 7) is 4.19. The number of benzene rings is 2. The summed E-state index contributed by atoms with van der Waals surface area (Å²) in [5.41, 5.74) is 2.59. The molecule has 1 heterocycles. The number of rotatable bonds is 14. The molecule has 1 atom stereocenters. The Hall–Kier alpha value is -3.22. The molecule has 0 saturated carbocycles. The van der Waals surface area contributed by atoms with Crippen LogP contribution in [-0.2, 0) is 22.4 Å². The van der Waals surface area contributed by atoms with Crippen LogP contribution in [-0.4, -0.2) is 65.9 Å². The van der Waals surface area contributed by atoms with Crippen LogP contribution in [0.15, 0.2) is 54.6 Å². The Morgan fingerprint density at radius 2 is 1.91 bits per heavy atom. The molecule has 0 amide bonds. The summed E-state index contributed by atoms with van der Waals surface area (Å²) in [7, 11) is 1.64. The first-order valence-corrected chi connectivity index (χ1v) is 11.6. The number of aryl methyl sites for hydroxylation is 1. The number of aromatic nitrogens is 2. The predicted molar refractivity (Wildman–Crippen MR) is 132 cm³/mol. The van der Waals surface area contributed by atoms with Crippen LogP contribution in [0.3, 0.4) is 0 Å². The fourth-order valence-corrected chi connectivity index (χ4v) is 3.67. The van der Waals surface area contributed by atoms with Crippen molar-refractivity contribution in [1.29, 1.82) is 0 Å². The Morgan fingerprint density at radius 3 is 2.57 bits per heavy atom. The maximum absolute atomic E-state index is 13.5. The average Bonchev–Trinajstić information content (AvgIpc) is 3.21. The van der Waals surface area contributed by atoms with Crippen LogP contribution in [0, 0.1) is 18.2 Å². The summed E-state index contributed by atoms with van der Waals surface area (Å²) in [5.74, 6) is 3.10. The van der Waals surface area contributed by atoms with Gasteiger partial charge in [0.1, 0.15) is 18.2 Å². The van der Waals surface area contributed by atoms with Crippen molar-refractivity contribution in [2.24, 2.45) is 0 Å². The van der Waals surface area contributed by atoms with Crippen molar-refractivity contribution in [3.63, 3.8) is 0 Å². The Bertz CT molecular complexity index is 1080. The van der Waals surface area contributed by atoms with Gasteiger partial charge in [-0.25, -0.2) is 9.07 Å². The molecule has 0 unspecified atom stereocenters. The monoisotopic (exact) mass is 481 g/mol. The Kier molecular flexibility index (Phi) is 10.3. The van der Waals surface area contributed by atoms with Crippen LogP contribution < -0.4 is 4.74 Å². The second-order valence-corrected chi connectivity index (χ2v) is 7.99. The van der Waals surface area contributed by atoms with E-state index in [-0.39, 0.29) is 19.0 Å². The van der Waals surface area contributed by atoms with Gasteiger partial charge in [0.2, 0.25) is 5.88 Å². The third-order valence-electron chi connectivity index (χ3n) is 5.34. The molecule has 3 rings (SSSR count). The third-order valence-corrected chi connectivity index (χ3v) is 5.34. The first-order chi connectivity index (χ1) is 17.0. The minimum Gasteiger partial charge on any atom is -0.439 e.